The Morgan fingerprint density at radius 1 is 1.43 bits per heavy atom. The van der Waals surface area contributed by atoms with Crippen LogP contribution in [0.25, 0.3) is 6.08 Å². The maximum absolute atomic E-state index is 5.28. The third-order valence-corrected chi connectivity index (χ3v) is 2.15. The predicted octanol–water partition coefficient (Wildman–Crippen LogP) is 3.07. The molecule has 0 bridgehead atoms. The smallest absolute Gasteiger partial charge is 0.0860 e. The van der Waals surface area contributed by atoms with Crippen LogP contribution in [0, 0.1) is 0 Å². The zero-order chi connectivity index (χ0) is 10.6. The molecule has 0 unspecified atom stereocenters. The van der Waals surface area contributed by atoms with Gasteiger partial charge in [-0.25, -0.2) is 4.99 Å². The summed E-state index contributed by atoms with van der Waals surface area (Å²) in [7, 11) is 0. The summed E-state index contributed by atoms with van der Waals surface area (Å²) in [5.41, 5.74) is 8.44. The molecule has 2 heteroatoms. The van der Waals surface area contributed by atoms with Crippen LogP contribution in [-0.4, -0.2) is 6.34 Å². The van der Waals surface area contributed by atoms with Gasteiger partial charge in [0.25, 0.3) is 0 Å². The standard InChI is InChI=1S/C12H16N2/c1-4-10-5-6-11(9(2)3)7-12(10)14-8-13/h4-9H,1H2,2-3H3,(H2,13,14). The summed E-state index contributed by atoms with van der Waals surface area (Å²) >= 11 is 0. The molecular formula is C12H16N2. The maximum Gasteiger partial charge on any atom is 0.0860 e. The molecule has 0 atom stereocenters. The van der Waals surface area contributed by atoms with Crippen LogP contribution in [0.2, 0.25) is 0 Å². The lowest BCUT2D eigenvalue weighted by atomic mass is 10.0. The number of benzene rings is 1. The molecule has 2 nitrogen and oxygen atoms in total. The van der Waals surface area contributed by atoms with E-state index in [0.29, 0.717) is 5.92 Å². The monoisotopic (exact) mass is 188 g/mol. The van der Waals surface area contributed by atoms with Crippen molar-refractivity contribution in [2.75, 3.05) is 0 Å². The summed E-state index contributed by atoms with van der Waals surface area (Å²) in [4.78, 5) is 4.10. The third kappa shape index (κ3) is 2.22. The van der Waals surface area contributed by atoms with E-state index in [1.807, 2.05) is 12.1 Å². The fourth-order valence-corrected chi connectivity index (χ4v) is 1.28. The lowest BCUT2D eigenvalue weighted by Crippen LogP contribution is -1.90. The Morgan fingerprint density at radius 3 is 2.64 bits per heavy atom. The van der Waals surface area contributed by atoms with Gasteiger partial charge in [-0.1, -0.05) is 38.6 Å². The van der Waals surface area contributed by atoms with Gasteiger partial charge in [0.2, 0.25) is 0 Å². The molecule has 1 rings (SSSR count). The average molecular weight is 188 g/mol. The molecule has 0 aromatic heterocycles. The number of aliphatic imine (C=N–C) groups is 1. The molecule has 0 aliphatic carbocycles. The van der Waals surface area contributed by atoms with Crippen LogP contribution >= 0.6 is 0 Å². The molecule has 14 heavy (non-hydrogen) atoms. The van der Waals surface area contributed by atoms with Crippen LogP contribution in [0.4, 0.5) is 5.69 Å². The van der Waals surface area contributed by atoms with E-state index >= 15 is 0 Å². The number of nitrogens with zero attached hydrogens (tertiary/aromatic N) is 1. The van der Waals surface area contributed by atoms with Gasteiger partial charge in [0, 0.05) is 0 Å². The summed E-state index contributed by atoms with van der Waals surface area (Å²) in [5.74, 6) is 0.501. The number of rotatable bonds is 3. The molecule has 0 fully saturated rings. The first-order valence-electron chi connectivity index (χ1n) is 4.69. The lowest BCUT2D eigenvalue weighted by Gasteiger charge is -2.07. The second-order valence-electron chi connectivity index (χ2n) is 3.46. The average Bonchev–Trinajstić information content (AvgIpc) is 2.18. The van der Waals surface area contributed by atoms with E-state index in [0.717, 1.165) is 11.3 Å². The van der Waals surface area contributed by atoms with E-state index in [1.54, 1.807) is 6.08 Å². The van der Waals surface area contributed by atoms with Crippen molar-refractivity contribution < 1.29 is 0 Å². The molecule has 74 valence electrons. The molecule has 0 spiro atoms. The minimum Gasteiger partial charge on any atom is -0.390 e. The fourth-order valence-electron chi connectivity index (χ4n) is 1.28. The molecule has 0 saturated heterocycles. The van der Waals surface area contributed by atoms with E-state index < -0.39 is 0 Å². The van der Waals surface area contributed by atoms with Crippen molar-refractivity contribution in [2.24, 2.45) is 10.7 Å². The highest BCUT2D eigenvalue weighted by Gasteiger charge is 2.02. The molecule has 0 radical (unpaired) electrons. The van der Waals surface area contributed by atoms with Gasteiger partial charge in [0.1, 0.15) is 0 Å². The summed E-state index contributed by atoms with van der Waals surface area (Å²) in [6.07, 6.45) is 3.10. The quantitative estimate of drug-likeness (QED) is 0.574. The van der Waals surface area contributed by atoms with Gasteiger partial charge in [-0.15, -0.1) is 0 Å². The van der Waals surface area contributed by atoms with Crippen LogP contribution in [0.5, 0.6) is 0 Å². The van der Waals surface area contributed by atoms with Gasteiger partial charge in [0.15, 0.2) is 0 Å². The van der Waals surface area contributed by atoms with Gasteiger partial charge >= 0.3 is 0 Å². The first-order valence-corrected chi connectivity index (χ1v) is 4.69. The highest BCUT2D eigenvalue weighted by atomic mass is 14.8. The number of hydrogen-bond acceptors (Lipinski definition) is 1. The lowest BCUT2D eigenvalue weighted by molar-refractivity contribution is 0.866. The molecule has 1 aromatic carbocycles. The van der Waals surface area contributed by atoms with E-state index in [4.69, 9.17) is 5.73 Å². The van der Waals surface area contributed by atoms with Crippen molar-refractivity contribution >= 4 is 18.1 Å². The van der Waals surface area contributed by atoms with Gasteiger partial charge in [-0.3, -0.25) is 0 Å². The zero-order valence-corrected chi connectivity index (χ0v) is 8.70. The minimum atomic E-state index is 0.501. The predicted molar refractivity (Wildman–Crippen MR) is 63.0 cm³/mol. The highest BCUT2D eigenvalue weighted by Crippen LogP contribution is 2.25. The third-order valence-electron chi connectivity index (χ3n) is 2.15. The fraction of sp³-hybridized carbons (Fsp3) is 0.250. The SMILES string of the molecule is C=Cc1ccc(C(C)C)cc1N=CN. The Balaban J connectivity index is 3.20. The highest BCUT2D eigenvalue weighted by molar-refractivity contribution is 5.69. The molecule has 2 N–H and O–H groups in total. The van der Waals surface area contributed by atoms with E-state index in [2.05, 4.69) is 31.5 Å². The van der Waals surface area contributed by atoms with Crippen molar-refractivity contribution in [1.82, 2.24) is 0 Å². The molecule has 0 saturated carbocycles. The van der Waals surface area contributed by atoms with Gasteiger partial charge < -0.3 is 5.73 Å². The largest absolute Gasteiger partial charge is 0.390 e. The normalized spacial score (nSPS) is 11.1. The topological polar surface area (TPSA) is 38.4 Å². The Kier molecular flexibility index (Phi) is 3.46. The molecule has 0 aliphatic rings. The van der Waals surface area contributed by atoms with E-state index in [1.165, 1.54) is 11.9 Å². The molecule has 1 aromatic rings. The summed E-state index contributed by atoms with van der Waals surface area (Å²) < 4.78 is 0. The number of hydrogen-bond donors (Lipinski definition) is 1. The summed E-state index contributed by atoms with van der Waals surface area (Å²) in [6, 6.07) is 6.16. The van der Waals surface area contributed by atoms with Crippen LogP contribution in [-0.2, 0) is 0 Å². The summed E-state index contributed by atoms with van der Waals surface area (Å²) in [5, 5.41) is 0. The zero-order valence-electron chi connectivity index (χ0n) is 8.70. The van der Waals surface area contributed by atoms with Crippen molar-refractivity contribution in [1.29, 1.82) is 0 Å². The second-order valence-corrected chi connectivity index (χ2v) is 3.46. The van der Waals surface area contributed by atoms with Gasteiger partial charge in [-0.2, -0.15) is 0 Å². The number of nitrogens with two attached hydrogens (primary N) is 1. The first-order chi connectivity index (χ1) is 6.69. The Hall–Kier alpha value is -1.57. The molecule has 0 amide bonds. The van der Waals surface area contributed by atoms with Crippen LogP contribution in [0.1, 0.15) is 30.9 Å². The van der Waals surface area contributed by atoms with Crippen molar-refractivity contribution in [2.45, 2.75) is 19.8 Å². The second kappa shape index (κ2) is 4.61. The Bertz CT molecular complexity index is 351. The molecular weight excluding hydrogens is 172 g/mol. The van der Waals surface area contributed by atoms with Crippen molar-refractivity contribution in [3.63, 3.8) is 0 Å². The molecule has 0 aliphatic heterocycles. The van der Waals surface area contributed by atoms with E-state index in [-0.39, 0.29) is 0 Å². The first kappa shape index (κ1) is 10.5. The Morgan fingerprint density at radius 2 is 2.14 bits per heavy atom. The summed E-state index contributed by atoms with van der Waals surface area (Å²) in [6.45, 7) is 8.04. The van der Waals surface area contributed by atoms with E-state index in [9.17, 15) is 0 Å². The Labute approximate surface area is 85.2 Å². The van der Waals surface area contributed by atoms with Crippen LogP contribution in [0.15, 0.2) is 29.8 Å². The van der Waals surface area contributed by atoms with Crippen molar-refractivity contribution in [3.8, 4) is 0 Å². The minimum absolute atomic E-state index is 0.501. The van der Waals surface area contributed by atoms with Crippen molar-refractivity contribution in [3.05, 3.63) is 35.9 Å². The van der Waals surface area contributed by atoms with Crippen LogP contribution in [0.3, 0.4) is 0 Å². The maximum atomic E-state index is 5.28. The molecule has 0 heterocycles. The van der Waals surface area contributed by atoms with Gasteiger partial charge in [-0.05, 0) is 23.1 Å². The van der Waals surface area contributed by atoms with Crippen LogP contribution < -0.4 is 5.73 Å². The van der Waals surface area contributed by atoms with Gasteiger partial charge in [0.05, 0.1) is 12.0 Å².